The molecule has 0 spiro atoms. The summed E-state index contributed by atoms with van der Waals surface area (Å²) < 4.78 is 4.81. The van der Waals surface area contributed by atoms with Crippen molar-refractivity contribution in [1.29, 1.82) is 0 Å². The highest BCUT2D eigenvalue weighted by molar-refractivity contribution is 8.00. The van der Waals surface area contributed by atoms with Crippen LogP contribution >= 0.6 is 23.4 Å². The first-order chi connectivity index (χ1) is 7.67. The molecule has 0 aliphatic carbocycles. The van der Waals surface area contributed by atoms with Gasteiger partial charge in [0.2, 0.25) is 0 Å². The number of thioether (sulfide) groups is 1. The lowest BCUT2D eigenvalue weighted by Crippen LogP contribution is -2.06. The summed E-state index contributed by atoms with van der Waals surface area (Å²) in [6.45, 7) is 2.12. The number of esters is 1. The number of ether oxygens (including phenoxy) is 1. The molecule has 0 fully saturated rings. The first-order valence-electron chi connectivity index (χ1n) is 4.85. The first kappa shape index (κ1) is 13.4. The highest BCUT2D eigenvalue weighted by Gasteiger charge is 2.06. The van der Waals surface area contributed by atoms with Crippen LogP contribution in [0.3, 0.4) is 0 Å². The van der Waals surface area contributed by atoms with Gasteiger partial charge in [-0.15, -0.1) is 11.8 Å². The summed E-state index contributed by atoms with van der Waals surface area (Å²) in [5.41, 5.74) is 0.755. The van der Waals surface area contributed by atoms with Gasteiger partial charge in [0.1, 0.15) is 0 Å². The van der Waals surface area contributed by atoms with Gasteiger partial charge in [-0.3, -0.25) is 4.79 Å². The molecule has 1 N–H and O–H groups in total. The minimum atomic E-state index is -0.255. The van der Waals surface area contributed by atoms with E-state index < -0.39 is 0 Å². The summed E-state index contributed by atoms with van der Waals surface area (Å²) in [6, 6.07) is 5.26. The Morgan fingerprint density at radius 1 is 1.56 bits per heavy atom. The standard InChI is InChI=1S/C11H13ClO3S/c1-2-15-11(14)7-16-10-4-3-8(6-13)5-9(10)12/h3-5,13H,2,6-7H2,1H3. The Balaban J connectivity index is 2.57. The van der Waals surface area contributed by atoms with Gasteiger partial charge in [0.25, 0.3) is 0 Å². The molecule has 0 heterocycles. The van der Waals surface area contributed by atoms with Crippen LogP contribution in [-0.4, -0.2) is 23.4 Å². The molecule has 0 aromatic heterocycles. The fourth-order valence-corrected chi connectivity index (χ4v) is 2.18. The number of aliphatic hydroxyl groups excluding tert-OH is 1. The van der Waals surface area contributed by atoms with Crippen LogP contribution in [0.1, 0.15) is 12.5 Å². The number of hydrogen-bond acceptors (Lipinski definition) is 4. The number of halogens is 1. The zero-order chi connectivity index (χ0) is 12.0. The number of rotatable bonds is 5. The Kier molecular flexibility index (Phi) is 5.66. The van der Waals surface area contributed by atoms with Gasteiger partial charge in [-0.05, 0) is 24.6 Å². The van der Waals surface area contributed by atoms with Crippen LogP contribution < -0.4 is 0 Å². The number of hydrogen-bond donors (Lipinski definition) is 1. The molecule has 16 heavy (non-hydrogen) atoms. The second kappa shape index (κ2) is 6.78. The lowest BCUT2D eigenvalue weighted by molar-refractivity contribution is -0.139. The molecule has 0 unspecified atom stereocenters. The first-order valence-corrected chi connectivity index (χ1v) is 6.21. The van der Waals surface area contributed by atoms with Crippen molar-refractivity contribution in [3.63, 3.8) is 0 Å². The van der Waals surface area contributed by atoms with Crippen LogP contribution in [0.4, 0.5) is 0 Å². The average Bonchev–Trinajstić information content (AvgIpc) is 2.27. The third kappa shape index (κ3) is 4.04. The van der Waals surface area contributed by atoms with E-state index in [1.54, 1.807) is 25.1 Å². The van der Waals surface area contributed by atoms with Gasteiger partial charge in [0, 0.05) is 4.90 Å². The predicted octanol–water partition coefficient (Wildman–Crippen LogP) is 2.49. The Morgan fingerprint density at radius 2 is 2.31 bits per heavy atom. The van der Waals surface area contributed by atoms with Crippen LogP contribution in [0.2, 0.25) is 5.02 Å². The van der Waals surface area contributed by atoms with Gasteiger partial charge in [0.05, 0.1) is 24.0 Å². The summed E-state index contributed by atoms with van der Waals surface area (Å²) in [5.74, 6) is -0.0127. The van der Waals surface area contributed by atoms with Gasteiger partial charge < -0.3 is 9.84 Å². The minimum absolute atomic E-state index is 0.0391. The Morgan fingerprint density at radius 3 is 2.88 bits per heavy atom. The Hall–Kier alpha value is -0.710. The average molecular weight is 261 g/mol. The van der Waals surface area contributed by atoms with E-state index in [0.717, 1.165) is 10.5 Å². The molecule has 88 valence electrons. The summed E-state index contributed by atoms with van der Waals surface area (Å²) in [7, 11) is 0. The topological polar surface area (TPSA) is 46.5 Å². The number of carbonyl (C=O) groups excluding carboxylic acids is 1. The summed E-state index contributed by atoms with van der Waals surface area (Å²) in [4.78, 5) is 11.9. The fraction of sp³-hybridized carbons (Fsp3) is 0.364. The Bertz CT molecular complexity index is 368. The van der Waals surface area contributed by atoms with Crippen molar-refractivity contribution >= 4 is 29.3 Å². The molecule has 3 nitrogen and oxygen atoms in total. The van der Waals surface area contributed by atoms with E-state index in [9.17, 15) is 4.79 Å². The van der Waals surface area contributed by atoms with Crippen LogP contribution in [0, 0.1) is 0 Å². The molecule has 5 heteroatoms. The number of carbonyl (C=O) groups is 1. The van der Waals surface area contributed by atoms with Crippen LogP contribution in [0.15, 0.2) is 23.1 Å². The molecular formula is C11H13ClO3S. The molecule has 0 amide bonds. The monoisotopic (exact) mass is 260 g/mol. The molecule has 1 aromatic rings. The van der Waals surface area contributed by atoms with E-state index in [2.05, 4.69) is 0 Å². The zero-order valence-electron chi connectivity index (χ0n) is 8.90. The molecule has 0 bridgehead atoms. The molecule has 0 aliphatic rings. The molecule has 1 rings (SSSR count). The van der Waals surface area contributed by atoms with E-state index in [0.29, 0.717) is 11.6 Å². The van der Waals surface area contributed by atoms with E-state index in [1.807, 2.05) is 0 Å². The molecular weight excluding hydrogens is 248 g/mol. The van der Waals surface area contributed by atoms with Crippen molar-refractivity contribution in [2.24, 2.45) is 0 Å². The van der Waals surface area contributed by atoms with Crippen molar-refractivity contribution in [3.8, 4) is 0 Å². The highest BCUT2D eigenvalue weighted by atomic mass is 35.5. The Labute approximate surface area is 104 Å². The van der Waals surface area contributed by atoms with Crippen molar-refractivity contribution in [3.05, 3.63) is 28.8 Å². The van der Waals surface area contributed by atoms with Crippen molar-refractivity contribution < 1.29 is 14.6 Å². The second-order valence-electron chi connectivity index (χ2n) is 3.02. The van der Waals surface area contributed by atoms with Gasteiger partial charge in [0.15, 0.2) is 0 Å². The summed E-state index contributed by atoms with van der Waals surface area (Å²) in [5, 5.41) is 9.44. The smallest absolute Gasteiger partial charge is 0.316 e. The van der Waals surface area contributed by atoms with Gasteiger partial charge in [-0.25, -0.2) is 0 Å². The number of aliphatic hydroxyl groups is 1. The maximum absolute atomic E-state index is 11.1. The van der Waals surface area contributed by atoms with Crippen LogP contribution in [0.25, 0.3) is 0 Å². The molecule has 0 radical (unpaired) electrons. The van der Waals surface area contributed by atoms with E-state index in [4.69, 9.17) is 21.4 Å². The molecule has 0 atom stereocenters. The van der Waals surface area contributed by atoms with E-state index in [1.165, 1.54) is 11.8 Å². The van der Waals surface area contributed by atoms with Gasteiger partial charge in [-0.2, -0.15) is 0 Å². The van der Waals surface area contributed by atoms with Gasteiger partial charge in [-0.1, -0.05) is 17.7 Å². The normalized spacial score (nSPS) is 10.2. The lowest BCUT2D eigenvalue weighted by atomic mass is 10.2. The highest BCUT2D eigenvalue weighted by Crippen LogP contribution is 2.28. The molecule has 0 aliphatic heterocycles. The maximum atomic E-state index is 11.1. The maximum Gasteiger partial charge on any atom is 0.316 e. The third-order valence-corrected chi connectivity index (χ3v) is 3.30. The van der Waals surface area contributed by atoms with Crippen molar-refractivity contribution in [1.82, 2.24) is 0 Å². The summed E-state index contributed by atoms with van der Waals surface area (Å²) in [6.07, 6.45) is 0. The van der Waals surface area contributed by atoms with Crippen LogP contribution in [0.5, 0.6) is 0 Å². The van der Waals surface area contributed by atoms with E-state index in [-0.39, 0.29) is 18.3 Å². The zero-order valence-corrected chi connectivity index (χ0v) is 10.5. The molecule has 0 saturated heterocycles. The van der Waals surface area contributed by atoms with Crippen molar-refractivity contribution in [2.45, 2.75) is 18.4 Å². The van der Waals surface area contributed by atoms with Gasteiger partial charge >= 0.3 is 5.97 Å². The predicted molar refractivity (Wildman–Crippen MR) is 64.7 cm³/mol. The molecule has 0 saturated carbocycles. The lowest BCUT2D eigenvalue weighted by Gasteiger charge is -2.05. The van der Waals surface area contributed by atoms with Crippen LogP contribution in [-0.2, 0) is 16.1 Å². The fourth-order valence-electron chi connectivity index (χ4n) is 1.10. The quantitative estimate of drug-likeness (QED) is 0.653. The van der Waals surface area contributed by atoms with Crippen molar-refractivity contribution in [2.75, 3.05) is 12.4 Å². The SMILES string of the molecule is CCOC(=O)CSc1ccc(CO)cc1Cl. The number of benzene rings is 1. The minimum Gasteiger partial charge on any atom is -0.465 e. The second-order valence-corrected chi connectivity index (χ2v) is 4.44. The van der Waals surface area contributed by atoms with E-state index >= 15 is 0 Å². The summed E-state index contributed by atoms with van der Waals surface area (Å²) >= 11 is 7.31. The largest absolute Gasteiger partial charge is 0.465 e. The third-order valence-electron chi connectivity index (χ3n) is 1.83. The molecule has 1 aromatic carbocycles.